The monoisotopic (exact) mass is 352 g/mol. The second-order valence-electron chi connectivity index (χ2n) is 7.65. The Kier molecular flexibility index (Phi) is 4.81. The maximum atomic E-state index is 5.90. The number of anilines is 2. The number of aryl methyl sites for hydroxylation is 2. The van der Waals surface area contributed by atoms with E-state index in [-0.39, 0.29) is 12.2 Å². The van der Waals surface area contributed by atoms with Crippen LogP contribution < -0.4 is 10.2 Å². The molecule has 5 heteroatoms. The Bertz CT molecular complexity index is 764. The summed E-state index contributed by atoms with van der Waals surface area (Å²) in [7, 11) is 0. The molecule has 0 spiro atoms. The molecule has 138 valence electrons. The Morgan fingerprint density at radius 3 is 2.54 bits per heavy atom. The molecule has 0 saturated carbocycles. The molecule has 4 rings (SSSR count). The van der Waals surface area contributed by atoms with Gasteiger partial charge < -0.3 is 15.0 Å². The van der Waals surface area contributed by atoms with E-state index in [0.717, 1.165) is 44.2 Å². The highest BCUT2D eigenvalue weighted by atomic mass is 16.5. The summed E-state index contributed by atoms with van der Waals surface area (Å²) >= 11 is 0. The lowest BCUT2D eigenvalue weighted by Crippen LogP contribution is -2.46. The average molecular weight is 352 g/mol. The molecule has 0 bridgehead atoms. The fraction of sp³-hybridized carbons (Fsp3) is 0.524. The van der Waals surface area contributed by atoms with Gasteiger partial charge in [0.1, 0.15) is 5.82 Å². The molecule has 0 amide bonds. The highest BCUT2D eigenvalue weighted by Crippen LogP contribution is 2.31. The number of nitrogens with one attached hydrogen (secondary N) is 1. The fourth-order valence-corrected chi connectivity index (χ4v) is 3.99. The number of ether oxygens (including phenoxy) is 1. The van der Waals surface area contributed by atoms with Gasteiger partial charge in [0.05, 0.1) is 17.9 Å². The number of morpholine rings is 1. The molecule has 2 heterocycles. The van der Waals surface area contributed by atoms with Gasteiger partial charge in [0.15, 0.2) is 0 Å². The van der Waals surface area contributed by atoms with Crippen molar-refractivity contribution in [1.82, 2.24) is 9.97 Å². The quantitative estimate of drug-likeness (QED) is 0.913. The lowest BCUT2D eigenvalue weighted by Gasteiger charge is -2.37. The lowest BCUT2D eigenvalue weighted by molar-refractivity contribution is -0.00550. The summed E-state index contributed by atoms with van der Waals surface area (Å²) in [5.41, 5.74) is 5.08. The van der Waals surface area contributed by atoms with Crippen LogP contribution in [-0.4, -0.2) is 35.3 Å². The average Bonchev–Trinajstić information content (AvgIpc) is 3.08. The molecular formula is C21H28N4O. The van der Waals surface area contributed by atoms with Gasteiger partial charge in [-0.25, -0.2) is 4.98 Å². The standard InChI is InChI=1S/C21H28N4O/c1-14-7-9-17(10-8-14)11-22-21-23-19-6-4-5-18(19)20(24-21)25-12-15(2)26-16(3)13-25/h7-10,15-16H,4-6,11-13H2,1-3H3,(H,22,23,24)/t15-,16+. The Labute approximate surface area is 155 Å². The van der Waals surface area contributed by atoms with E-state index in [2.05, 4.69) is 55.3 Å². The number of nitrogens with zero attached hydrogens (tertiary/aromatic N) is 3. The van der Waals surface area contributed by atoms with E-state index in [1.807, 2.05) is 0 Å². The normalized spacial score (nSPS) is 22.3. The molecule has 5 nitrogen and oxygen atoms in total. The van der Waals surface area contributed by atoms with Crippen molar-refractivity contribution in [2.75, 3.05) is 23.3 Å². The second kappa shape index (κ2) is 7.23. The van der Waals surface area contributed by atoms with Crippen molar-refractivity contribution < 1.29 is 4.74 Å². The van der Waals surface area contributed by atoms with E-state index in [1.165, 1.54) is 28.8 Å². The number of fused-ring (bicyclic) bond motifs is 1. The number of rotatable bonds is 4. The first-order chi connectivity index (χ1) is 12.6. The van der Waals surface area contributed by atoms with E-state index in [0.29, 0.717) is 0 Å². The van der Waals surface area contributed by atoms with Gasteiger partial charge in [0.2, 0.25) is 5.95 Å². The molecule has 0 unspecified atom stereocenters. The lowest BCUT2D eigenvalue weighted by atomic mass is 10.1. The summed E-state index contributed by atoms with van der Waals surface area (Å²) < 4.78 is 5.90. The molecule has 1 N–H and O–H groups in total. The van der Waals surface area contributed by atoms with Gasteiger partial charge >= 0.3 is 0 Å². The SMILES string of the molecule is Cc1ccc(CNc2nc3c(c(N4C[C@@H](C)O[C@@H](C)C4)n2)CCC3)cc1. The molecule has 0 radical (unpaired) electrons. The van der Waals surface area contributed by atoms with E-state index < -0.39 is 0 Å². The zero-order chi connectivity index (χ0) is 18.1. The Balaban J connectivity index is 1.57. The third-order valence-electron chi connectivity index (χ3n) is 5.20. The van der Waals surface area contributed by atoms with Gasteiger partial charge in [-0.05, 0) is 45.6 Å². The van der Waals surface area contributed by atoms with Gasteiger partial charge in [0, 0.05) is 25.2 Å². The molecular weight excluding hydrogens is 324 g/mol. The minimum Gasteiger partial charge on any atom is -0.372 e. The Hall–Kier alpha value is -2.14. The van der Waals surface area contributed by atoms with Crippen LogP contribution in [0.1, 0.15) is 42.7 Å². The summed E-state index contributed by atoms with van der Waals surface area (Å²) in [6.07, 6.45) is 3.78. The van der Waals surface area contributed by atoms with Gasteiger partial charge in [-0.2, -0.15) is 4.98 Å². The molecule has 1 aliphatic carbocycles. The largest absolute Gasteiger partial charge is 0.372 e. The first-order valence-corrected chi connectivity index (χ1v) is 9.68. The number of hydrogen-bond donors (Lipinski definition) is 1. The zero-order valence-electron chi connectivity index (χ0n) is 16.0. The molecule has 2 aliphatic rings. The van der Waals surface area contributed by atoms with Crippen LogP contribution in [0.3, 0.4) is 0 Å². The highest BCUT2D eigenvalue weighted by molar-refractivity contribution is 5.55. The second-order valence-corrected chi connectivity index (χ2v) is 7.65. The van der Waals surface area contributed by atoms with Crippen LogP contribution in [0.2, 0.25) is 0 Å². The molecule has 26 heavy (non-hydrogen) atoms. The van der Waals surface area contributed by atoms with Crippen molar-refractivity contribution in [3.63, 3.8) is 0 Å². The van der Waals surface area contributed by atoms with Crippen molar-refractivity contribution in [3.05, 3.63) is 46.6 Å². The number of aromatic nitrogens is 2. The van der Waals surface area contributed by atoms with Crippen LogP contribution >= 0.6 is 0 Å². The van der Waals surface area contributed by atoms with Gasteiger partial charge in [-0.15, -0.1) is 0 Å². The van der Waals surface area contributed by atoms with E-state index in [1.54, 1.807) is 0 Å². The van der Waals surface area contributed by atoms with Crippen LogP contribution in [0.25, 0.3) is 0 Å². The topological polar surface area (TPSA) is 50.3 Å². The molecule has 1 aromatic heterocycles. The molecule has 2 atom stereocenters. The first kappa shape index (κ1) is 17.3. The molecule has 1 saturated heterocycles. The van der Waals surface area contributed by atoms with Crippen LogP contribution in [-0.2, 0) is 24.1 Å². The summed E-state index contributed by atoms with van der Waals surface area (Å²) in [6.45, 7) is 8.92. The summed E-state index contributed by atoms with van der Waals surface area (Å²) in [4.78, 5) is 12.1. The Morgan fingerprint density at radius 2 is 1.81 bits per heavy atom. The van der Waals surface area contributed by atoms with Gasteiger partial charge in [0.25, 0.3) is 0 Å². The van der Waals surface area contributed by atoms with Crippen molar-refractivity contribution in [2.45, 2.75) is 58.8 Å². The minimum absolute atomic E-state index is 0.231. The summed E-state index contributed by atoms with van der Waals surface area (Å²) in [5, 5.41) is 3.43. The summed E-state index contributed by atoms with van der Waals surface area (Å²) in [5.74, 6) is 1.86. The van der Waals surface area contributed by atoms with E-state index >= 15 is 0 Å². The third-order valence-corrected chi connectivity index (χ3v) is 5.20. The van der Waals surface area contributed by atoms with Crippen LogP contribution in [0.15, 0.2) is 24.3 Å². The first-order valence-electron chi connectivity index (χ1n) is 9.68. The summed E-state index contributed by atoms with van der Waals surface area (Å²) in [6, 6.07) is 8.59. The minimum atomic E-state index is 0.231. The molecule has 2 aromatic rings. The third kappa shape index (κ3) is 3.68. The van der Waals surface area contributed by atoms with Crippen molar-refractivity contribution in [3.8, 4) is 0 Å². The highest BCUT2D eigenvalue weighted by Gasteiger charge is 2.28. The predicted octanol–water partition coefficient (Wildman–Crippen LogP) is 3.50. The van der Waals surface area contributed by atoms with Crippen molar-refractivity contribution in [2.24, 2.45) is 0 Å². The molecule has 1 aromatic carbocycles. The van der Waals surface area contributed by atoms with Crippen LogP contribution in [0, 0.1) is 6.92 Å². The van der Waals surface area contributed by atoms with Crippen molar-refractivity contribution in [1.29, 1.82) is 0 Å². The van der Waals surface area contributed by atoms with Crippen molar-refractivity contribution >= 4 is 11.8 Å². The predicted molar refractivity (Wildman–Crippen MR) is 105 cm³/mol. The zero-order valence-corrected chi connectivity index (χ0v) is 16.0. The number of benzene rings is 1. The maximum Gasteiger partial charge on any atom is 0.225 e. The number of hydrogen-bond acceptors (Lipinski definition) is 5. The smallest absolute Gasteiger partial charge is 0.225 e. The fourth-order valence-electron chi connectivity index (χ4n) is 3.99. The van der Waals surface area contributed by atoms with Crippen LogP contribution in [0.5, 0.6) is 0 Å². The van der Waals surface area contributed by atoms with E-state index in [4.69, 9.17) is 14.7 Å². The van der Waals surface area contributed by atoms with Gasteiger partial charge in [-0.1, -0.05) is 29.8 Å². The van der Waals surface area contributed by atoms with Crippen LogP contribution in [0.4, 0.5) is 11.8 Å². The van der Waals surface area contributed by atoms with Gasteiger partial charge in [-0.3, -0.25) is 0 Å². The Morgan fingerprint density at radius 1 is 1.08 bits per heavy atom. The molecule has 1 aliphatic heterocycles. The van der Waals surface area contributed by atoms with E-state index in [9.17, 15) is 0 Å². The molecule has 1 fully saturated rings. The maximum absolute atomic E-state index is 5.90.